The average molecular weight is 434 g/mol. The summed E-state index contributed by atoms with van der Waals surface area (Å²) in [5.41, 5.74) is 2.04. The Morgan fingerprint density at radius 3 is 2.97 bits per heavy atom. The SMILES string of the molecule is CS(=O)(=O)N1CCO[C@H](c2csc(-c3ccccc3NC(=O)c3ncc[nH]3)n2)C1. The minimum atomic E-state index is -3.28. The first kappa shape index (κ1) is 19.7. The lowest BCUT2D eigenvalue weighted by Crippen LogP contribution is -2.41. The van der Waals surface area contributed by atoms with Crippen molar-refractivity contribution in [3.8, 4) is 10.6 Å². The van der Waals surface area contributed by atoms with Crippen LogP contribution in [0.4, 0.5) is 5.69 Å². The number of amides is 1. The molecule has 3 aromatic rings. The van der Waals surface area contributed by atoms with Crippen LogP contribution in [0.3, 0.4) is 0 Å². The molecular formula is C18H19N5O4S2. The number of nitrogens with one attached hydrogen (secondary N) is 2. The molecule has 1 aromatic carbocycles. The number of thiazole rings is 1. The van der Waals surface area contributed by atoms with Gasteiger partial charge < -0.3 is 15.0 Å². The van der Waals surface area contributed by atoms with Gasteiger partial charge in [-0.15, -0.1) is 11.3 Å². The van der Waals surface area contributed by atoms with E-state index in [-0.39, 0.29) is 18.3 Å². The summed E-state index contributed by atoms with van der Waals surface area (Å²) < 4.78 is 30.8. The quantitative estimate of drug-likeness (QED) is 0.636. The van der Waals surface area contributed by atoms with Crippen LogP contribution in [0.2, 0.25) is 0 Å². The summed E-state index contributed by atoms with van der Waals surface area (Å²) in [5, 5.41) is 5.40. The molecule has 1 fully saturated rings. The molecule has 1 atom stereocenters. The van der Waals surface area contributed by atoms with E-state index in [1.54, 1.807) is 12.3 Å². The van der Waals surface area contributed by atoms with Crippen LogP contribution in [0, 0.1) is 0 Å². The van der Waals surface area contributed by atoms with E-state index in [0.29, 0.717) is 29.5 Å². The van der Waals surface area contributed by atoms with Crippen molar-refractivity contribution in [3.05, 3.63) is 53.6 Å². The number of carbonyl (C=O) groups is 1. The molecule has 0 spiro atoms. The molecule has 0 unspecified atom stereocenters. The highest BCUT2D eigenvalue weighted by molar-refractivity contribution is 7.88. The van der Waals surface area contributed by atoms with Gasteiger partial charge in [-0.05, 0) is 12.1 Å². The first-order valence-corrected chi connectivity index (χ1v) is 11.6. The Bertz CT molecular complexity index is 1110. The largest absolute Gasteiger partial charge is 0.369 e. The van der Waals surface area contributed by atoms with E-state index in [4.69, 9.17) is 4.74 Å². The van der Waals surface area contributed by atoms with Crippen molar-refractivity contribution in [2.24, 2.45) is 0 Å². The molecule has 1 amide bonds. The van der Waals surface area contributed by atoms with Crippen molar-refractivity contribution < 1.29 is 17.9 Å². The van der Waals surface area contributed by atoms with Crippen molar-refractivity contribution in [2.75, 3.05) is 31.3 Å². The van der Waals surface area contributed by atoms with E-state index in [0.717, 1.165) is 5.56 Å². The molecule has 9 nitrogen and oxygen atoms in total. The van der Waals surface area contributed by atoms with Crippen molar-refractivity contribution in [1.29, 1.82) is 0 Å². The molecule has 0 aliphatic carbocycles. The van der Waals surface area contributed by atoms with Crippen LogP contribution in [0.5, 0.6) is 0 Å². The van der Waals surface area contributed by atoms with E-state index >= 15 is 0 Å². The number of rotatable bonds is 5. The predicted molar refractivity (Wildman–Crippen MR) is 109 cm³/mol. The van der Waals surface area contributed by atoms with Gasteiger partial charge in [-0.2, -0.15) is 4.31 Å². The maximum absolute atomic E-state index is 12.3. The van der Waals surface area contributed by atoms with Gasteiger partial charge in [0.25, 0.3) is 5.91 Å². The number of morpholine rings is 1. The molecule has 0 saturated carbocycles. The fourth-order valence-corrected chi connectivity index (χ4v) is 4.73. The van der Waals surface area contributed by atoms with Gasteiger partial charge in [0.1, 0.15) is 11.1 Å². The summed E-state index contributed by atoms with van der Waals surface area (Å²) in [4.78, 5) is 23.7. The Labute approximate surface area is 171 Å². The second-order valence-corrected chi connectivity index (χ2v) is 9.34. The second-order valence-electron chi connectivity index (χ2n) is 6.50. The number of imidazole rings is 1. The molecule has 2 N–H and O–H groups in total. The van der Waals surface area contributed by atoms with Crippen LogP contribution < -0.4 is 5.32 Å². The van der Waals surface area contributed by atoms with Gasteiger partial charge in [0, 0.05) is 36.4 Å². The minimum absolute atomic E-state index is 0.219. The predicted octanol–water partition coefficient (Wildman–Crippen LogP) is 2.12. The third-order valence-electron chi connectivity index (χ3n) is 4.47. The summed E-state index contributed by atoms with van der Waals surface area (Å²) in [6, 6.07) is 7.34. The van der Waals surface area contributed by atoms with Gasteiger partial charge in [0.15, 0.2) is 5.82 Å². The summed E-state index contributed by atoms with van der Waals surface area (Å²) >= 11 is 1.41. The van der Waals surface area contributed by atoms with Crippen molar-refractivity contribution in [1.82, 2.24) is 19.3 Å². The van der Waals surface area contributed by atoms with E-state index < -0.39 is 16.1 Å². The number of ether oxygens (including phenoxy) is 1. The van der Waals surface area contributed by atoms with Gasteiger partial charge in [-0.1, -0.05) is 12.1 Å². The number of hydrogen-bond acceptors (Lipinski definition) is 7. The summed E-state index contributed by atoms with van der Waals surface area (Å²) in [7, 11) is -3.28. The molecule has 1 aliphatic heterocycles. The Kier molecular flexibility index (Phi) is 5.46. The first-order valence-electron chi connectivity index (χ1n) is 8.84. The summed E-state index contributed by atoms with van der Waals surface area (Å²) in [6.45, 7) is 0.896. The number of H-pyrrole nitrogens is 1. The Morgan fingerprint density at radius 1 is 1.38 bits per heavy atom. The fourth-order valence-electron chi connectivity index (χ4n) is 3.01. The van der Waals surface area contributed by atoms with Crippen LogP contribution in [-0.2, 0) is 14.8 Å². The molecule has 2 aromatic heterocycles. The zero-order chi connectivity index (χ0) is 20.4. The number of aromatic amines is 1. The Hall–Kier alpha value is -2.60. The lowest BCUT2D eigenvalue weighted by Gasteiger charge is -2.30. The first-order chi connectivity index (χ1) is 13.9. The molecule has 29 heavy (non-hydrogen) atoms. The number of aromatic nitrogens is 3. The molecule has 11 heteroatoms. The third-order valence-corrected chi connectivity index (χ3v) is 6.63. The molecule has 0 radical (unpaired) electrons. The monoisotopic (exact) mass is 433 g/mol. The molecule has 1 saturated heterocycles. The zero-order valence-electron chi connectivity index (χ0n) is 15.5. The maximum atomic E-state index is 12.3. The zero-order valence-corrected chi connectivity index (χ0v) is 17.2. The molecule has 1 aliphatic rings. The highest BCUT2D eigenvalue weighted by atomic mass is 32.2. The lowest BCUT2D eigenvalue weighted by atomic mass is 10.2. The van der Waals surface area contributed by atoms with Crippen LogP contribution in [-0.4, -0.2) is 59.5 Å². The average Bonchev–Trinajstić information content (AvgIpc) is 3.40. The second kappa shape index (κ2) is 8.03. The van der Waals surface area contributed by atoms with Gasteiger partial charge in [0.2, 0.25) is 10.0 Å². The van der Waals surface area contributed by atoms with Gasteiger partial charge in [-0.3, -0.25) is 4.79 Å². The highest BCUT2D eigenvalue weighted by Crippen LogP contribution is 2.33. The highest BCUT2D eigenvalue weighted by Gasteiger charge is 2.29. The van der Waals surface area contributed by atoms with Crippen molar-refractivity contribution >= 4 is 33.0 Å². The number of benzene rings is 1. The van der Waals surface area contributed by atoms with E-state index in [1.165, 1.54) is 28.1 Å². The summed E-state index contributed by atoms with van der Waals surface area (Å²) in [5.74, 6) is -0.130. The topological polar surface area (TPSA) is 117 Å². The summed E-state index contributed by atoms with van der Waals surface area (Å²) in [6.07, 6.45) is 3.86. The Balaban J connectivity index is 1.56. The molecular weight excluding hydrogens is 414 g/mol. The molecule has 152 valence electrons. The van der Waals surface area contributed by atoms with Crippen LogP contribution >= 0.6 is 11.3 Å². The standard InChI is InChI=1S/C18H19N5O4S2/c1-29(25,26)23-8-9-27-15(10-23)14-11-28-18(22-14)12-4-2-3-5-13(12)21-17(24)16-19-6-7-20-16/h2-7,11,15H,8-10H2,1H3,(H,19,20)(H,21,24)/t15-/m0/s1. The van der Waals surface area contributed by atoms with Crippen LogP contribution in [0.25, 0.3) is 10.6 Å². The van der Waals surface area contributed by atoms with Gasteiger partial charge in [-0.25, -0.2) is 18.4 Å². The molecule has 3 heterocycles. The van der Waals surface area contributed by atoms with Gasteiger partial charge in [0.05, 0.1) is 24.2 Å². The number of para-hydroxylation sites is 1. The normalized spacial score (nSPS) is 17.9. The molecule has 0 bridgehead atoms. The minimum Gasteiger partial charge on any atom is -0.369 e. The van der Waals surface area contributed by atoms with E-state index in [9.17, 15) is 13.2 Å². The van der Waals surface area contributed by atoms with Crippen molar-refractivity contribution in [3.63, 3.8) is 0 Å². The van der Waals surface area contributed by atoms with E-state index in [2.05, 4.69) is 20.3 Å². The Morgan fingerprint density at radius 2 is 2.21 bits per heavy atom. The molecule has 4 rings (SSSR count). The maximum Gasteiger partial charge on any atom is 0.291 e. The van der Waals surface area contributed by atoms with Crippen molar-refractivity contribution in [2.45, 2.75) is 6.10 Å². The number of carbonyl (C=O) groups excluding carboxylic acids is 1. The number of hydrogen-bond donors (Lipinski definition) is 2. The van der Waals surface area contributed by atoms with E-state index in [1.807, 2.05) is 23.6 Å². The number of sulfonamides is 1. The van der Waals surface area contributed by atoms with Crippen LogP contribution in [0.15, 0.2) is 42.0 Å². The number of nitrogens with zero attached hydrogens (tertiary/aromatic N) is 3. The number of anilines is 1. The fraction of sp³-hybridized carbons (Fsp3) is 0.278. The third kappa shape index (κ3) is 4.37. The van der Waals surface area contributed by atoms with Gasteiger partial charge >= 0.3 is 0 Å². The smallest absolute Gasteiger partial charge is 0.291 e. The van der Waals surface area contributed by atoms with Crippen LogP contribution in [0.1, 0.15) is 22.4 Å². The lowest BCUT2D eigenvalue weighted by molar-refractivity contribution is -0.00436.